The van der Waals surface area contributed by atoms with Crippen LogP contribution in [0.3, 0.4) is 0 Å². The number of aliphatic hydroxyl groups excluding tert-OH is 1. The fraction of sp³-hybridized carbons (Fsp3) is 0.667. The number of carbonyl (C=O) groups excluding carboxylic acids is 4. The lowest BCUT2D eigenvalue weighted by Gasteiger charge is -2.51. The van der Waals surface area contributed by atoms with Crippen molar-refractivity contribution in [3.63, 3.8) is 0 Å². The smallest absolute Gasteiger partial charge is 0.314 e. The Morgan fingerprint density at radius 2 is 1.84 bits per heavy atom. The largest absolute Gasteiger partial charge is 0.417 e. The molecule has 1 saturated carbocycles. The van der Waals surface area contributed by atoms with Crippen molar-refractivity contribution in [1.29, 1.82) is 0 Å². The monoisotopic (exact) mass is 512 g/mol. The number of allylic oxidation sites excluding steroid dienone is 5. The van der Waals surface area contributed by atoms with E-state index in [1.807, 2.05) is 19.9 Å². The van der Waals surface area contributed by atoms with E-state index in [1.54, 1.807) is 32.9 Å². The van der Waals surface area contributed by atoms with Gasteiger partial charge in [0.25, 0.3) is 0 Å². The second-order valence-electron chi connectivity index (χ2n) is 12.6. The van der Waals surface area contributed by atoms with Crippen LogP contribution in [0.15, 0.2) is 34.9 Å². The summed E-state index contributed by atoms with van der Waals surface area (Å²) in [5.74, 6) is -2.06. The molecule has 0 spiro atoms. The van der Waals surface area contributed by atoms with E-state index in [0.717, 1.165) is 30.4 Å². The molecule has 1 fully saturated rings. The predicted molar refractivity (Wildman–Crippen MR) is 137 cm³/mol. The zero-order valence-electron chi connectivity index (χ0n) is 22.9. The van der Waals surface area contributed by atoms with Gasteiger partial charge in [0.1, 0.15) is 0 Å². The van der Waals surface area contributed by atoms with Crippen LogP contribution in [0.4, 0.5) is 0 Å². The fourth-order valence-electron chi connectivity index (χ4n) is 7.02. The molecule has 4 aliphatic rings. The van der Waals surface area contributed by atoms with E-state index in [4.69, 9.17) is 9.47 Å². The molecule has 0 aromatic rings. The van der Waals surface area contributed by atoms with Crippen LogP contribution in [-0.2, 0) is 28.7 Å². The molecule has 6 atom stereocenters. The standard InChI is InChI=1S/C30H40O7/c1-7-8-23(33)36-26(37-27(35)28(2,3)4)25(34)21-12-11-20-19-10-9-17-15-18(31)13-14-29(17,5)24(19)22(32)16-30(20,21)6/h13-15,20-22,26,32H,7-12,16H2,1-6H3/t20-,21+,22-,26?,29-,30-/m0/s1. The number of carbonyl (C=O) groups is 4. The van der Waals surface area contributed by atoms with Gasteiger partial charge in [0.2, 0.25) is 5.78 Å². The summed E-state index contributed by atoms with van der Waals surface area (Å²) in [6, 6.07) is 0. The minimum absolute atomic E-state index is 0.0216. The third-order valence-electron chi connectivity index (χ3n) is 8.95. The molecule has 4 aliphatic carbocycles. The molecule has 7 heteroatoms. The number of esters is 2. The first kappa shape index (κ1) is 27.5. The minimum atomic E-state index is -1.59. The Morgan fingerprint density at radius 1 is 1.14 bits per heavy atom. The molecule has 0 aromatic carbocycles. The lowest BCUT2D eigenvalue weighted by atomic mass is 9.53. The second-order valence-corrected chi connectivity index (χ2v) is 12.6. The molecule has 37 heavy (non-hydrogen) atoms. The third kappa shape index (κ3) is 4.75. The Morgan fingerprint density at radius 3 is 2.49 bits per heavy atom. The van der Waals surface area contributed by atoms with Gasteiger partial charge in [-0.05, 0) is 95.3 Å². The summed E-state index contributed by atoms with van der Waals surface area (Å²) in [6.07, 6.45) is 6.69. The Kier molecular flexibility index (Phi) is 7.17. The zero-order chi connectivity index (χ0) is 27.3. The molecule has 0 aliphatic heterocycles. The highest BCUT2D eigenvalue weighted by molar-refractivity contribution is 6.01. The predicted octanol–water partition coefficient (Wildman–Crippen LogP) is 4.77. The number of hydrogen-bond donors (Lipinski definition) is 1. The van der Waals surface area contributed by atoms with Crippen molar-refractivity contribution in [2.45, 2.75) is 98.9 Å². The summed E-state index contributed by atoms with van der Waals surface area (Å²) < 4.78 is 10.9. The first-order valence-electron chi connectivity index (χ1n) is 13.5. The van der Waals surface area contributed by atoms with Gasteiger partial charge in [-0.2, -0.15) is 0 Å². The van der Waals surface area contributed by atoms with Gasteiger partial charge < -0.3 is 14.6 Å². The lowest BCUT2D eigenvalue weighted by molar-refractivity contribution is -0.199. The van der Waals surface area contributed by atoms with Gasteiger partial charge in [0, 0.05) is 17.8 Å². The first-order chi connectivity index (χ1) is 17.2. The zero-order valence-corrected chi connectivity index (χ0v) is 22.9. The van der Waals surface area contributed by atoms with Gasteiger partial charge in [0.15, 0.2) is 5.78 Å². The molecule has 202 valence electrons. The fourth-order valence-corrected chi connectivity index (χ4v) is 7.02. The van der Waals surface area contributed by atoms with Crippen molar-refractivity contribution in [1.82, 2.24) is 0 Å². The molecular formula is C30H40O7. The van der Waals surface area contributed by atoms with Crippen molar-refractivity contribution >= 4 is 23.5 Å². The normalized spacial score (nSPS) is 33.6. The molecule has 0 radical (unpaired) electrons. The van der Waals surface area contributed by atoms with Gasteiger partial charge >= 0.3 is 18.2 Å². The Labute approximate surface area is 219 Å². The number of Topliss-reactive ketones (excluding diaryl/α,β-unsaturated/α-hetero) is 1. The van der Waals surface area contributed by atoms with Crippen LogP contribution in [0.5, 0.6) is 0 Å². The number of hydrogen-bond acceptors (Lipinski definition) is 7. The number of rotatable bonds is 6. The van der Waals surface area contributed by atoms with Crippen LogP contribution in [0.1, 0.15) is 86.5 Å². The van der Waals surface area contributed by atoms with Gasteiger partial charge in [-0.3, -0.25) is 19.2 Å². The van der Waals surface area contributed by atoms with E-state index in [-0.39, 0.29) is 18.1 Å². The first-order valence-corrected chi connectivity index (χ1v) is 13.5. The highest BCUT2D eigenvalue weighted by Crippen LogP contribution is 2.63. The molecule has 0 saturated heterocycles. The number of ether oxygens (including phenoxy) is 2. The van der Waals surface area contributed by atoms with E-state index in [0.29, 0.717) is 19.3 Å². The molecule has 0 amide bonds. The van der Waals surface area contributed by atoms with Crippen LogP contribution in [0, 0.1) is 28.1 Å². The summed E-state index contributed by atoms with van der Waals surface area (Å²) in [7, 11) is 0. The maximum absolute atomic E-state index is 13.9. The van der Waals surface area contributed by atoms with E-state index < -0.39 is 52.3 Å². The van der Waals surface area contributed by atoms with Crippen LogP contribution in [0.2, 0.25) is 0 Å². The van der Waals surface area contributed by atoms with Crippen molar-refractivity contribution in [3.8, 4) is 0 Å². The van der Waals surface area contributed by atoms with Gasteiger partial charge in [-0.1, -0.05) is 31.1 Å². The van der Waals surface area contributed by atoms with Crippen molar-refractivity contribution < 1.29 is 33.8 Å². The van der Waals surface area contributed by atoms with Gasteiger partial charge in [-0.25, -0.2) is 0 Å². The van der Waals surface area contributed by atoms with Crippen LogP contribution >= 0.6 is 0 Å². The number of aliphatic hydroxyl groups is 1. The van der Waals surface area contributed by atoms with E-state index in [2.05, 4.69) is 6.92 Å². The molecule has 0 heterocycles. The highest BCUT2D eigenvalue weighted by atomic mass is 16.7. The summed E-state index contributed by atoms with van der Waals surface area (Å²) in [5, 5.41) is 11.5. The van der Waals surface area contributed by atoms with Crippen LogP contribution in [-0.4, -0.2) is 41.0 Å². The maximum atomic E-state index is 13.9. The lowest BCUT2D eigenvalue weighted by Crippen LogP contribution is -2.49. The molecule has 0 bridgehead atoms. The van der Waals surface area contributed by atoms with Gasteiger partial charge in [0.05, 0.1) is 11.5 Å². The maximum Gasteiger partial charge on any atom is 0.314 e. The average Bonchev–Trinajstić information content (AvgIpc) is 3.14. The van der Waals surface area contributed by atoms with E-state index in [1.165, 1.54) is 5.57 Å². The van der Waals surface area contributed by atoms with E-state index >= 15 is 0 Å². The average molecular weight is 513 g/mol. The topological polar surface area (TPSA) is 107 Å². The summed E-state index contributed by atoms with van der Waals surface area (Å²) in [6.45, 7) is 11.0. The van der Waals surface area contributed by atoms with Crippen molar-refractivity contribution in [3.05, 3.63) is 34.9 Å². The number of ketones is 2. The Hall–Kier alpha value is -2.54. The molecule has 1 unspecified atom stereocenters. The molecular weight excluding hydrogens is 472 g/mol. The Bertz CT molecular complexity index is 1100. The summed E-state index contributed by atoms with van der Waals surface area (Å²) in [4.78, 5) is 50.9. The third-order valence-corrected chi connectivity index (χ3v) is 8.95. The molecule has 1 N–H and O–H groups in total. The SMILES string of the molecule is CCCC(=O)OC(OC(=O)C(C)(C)C)C(=O)[C@H]1CC[C@H]2C3=C([C@@H](O)C[C@]12C)[C@@]1(C)C=CC(=O)C=C1CC3. The highest BCUT2D eigenvalue weighted by Gasteiger charge is 2.59. The van der Waals surface area contributed by atoms with Crippen LogP contribution in [0.25, 0.3) is 0 Å². The van der Waals surface area contributed by atoms with Crippen molar-refractivity contribution in [2.75, 3.05) is 0 Å². The number of fused-ring (bicyclic) bond motifs is 4. The Balaban J connectivity index is 1.66. The summed E-state index contributed by atoms with van der Waals surface area (Å²) in [5.41, 5.74) is 1.26. The quantitative estimate of drug-likeness (QED) is 0.310. The van der Waals surface area contributed by atoms with E-state index in [9.17, 15) is 24.3 Å². The molecule has 0 aromatic heterocycles. The van der Waals surface area contributed by atoms with Crippen LogP contribution < -0.4 is 0 Å². The summed E-state index contributed by atoms with van der Waals surface area (Å²) >= 11 is 0. The van der Waals surface area contributed by atoms with Crippen molar-refractivity contribution in [2.24, 2.45) is 28.1 Å². The van der Waals surface area contributed by atoms with Gasteiger partial charge in [-0.15, -0.1) is 0 Å². The molecule has 4 rings (SSSR count). The molecule has 7 nitrogen and oxygen atoms in total. The second kappa shape index (κ2) is 9.64. The minimum Gasteiger partial charge on any atom is -0.417 e.